The highest BCUT2D eigenvalue weighted by Crippen LogP contribution is 2.16. The molecule has 0 radical (unpaired) electrons. The number of ether oxygens (including phenoxy) is 1. The highest BCUT2D eigenvalue weighted by Gasteiger charge is 2.07. The summed E-state index contributed by atoms with van der Waals surface area (Å²) >= 11 is 7.40. The number of aliphatic hydroxyl groups is 1. The molecule has 90 valence electrons. The van der Waals surface area contributed by atoms with Crippen molar-refractivity contribution in [3.05, 3.63) is 51.7 Å². The average Bonchev–Trinajstić information content (AvgIpc) is 2.81. The average molecular weight is 269 g/mol. The predicted molar refractivity (Wildman–Crippen MR) is 71.0 cm³/mol. The van der Waals surface area contributed by atoms with Gasteiger partial charge in [-0.25, -0.2) is 0 Å². The molecule has 0 spiro atoms. The number of aliphatic hydroxyl groups excluding tert-OH is 1. The van der Waals surface area contributed by atoms with Crippen LogP contribution in [0.1, 0.15) is 5.56 Å². The number of benzene rings is 1. The van der Waals surface area contributed by atoms with Gasteiger partial charge in [0.05, 0.1) is 6.10 Å². The molecule has 0 aliphatic rings. The van der Waals surface area contributed by atoms with E-state index in [1.165, 1.54) is 0 Å². The first kappa shape index (κ1) is 12.4. The maximum atomic E-state index is 9.79. The fraction of sp³-hybridized carbons (Fsp3) is 0.231. The standard InChI is InChI=1S/C13H13ClO2S/c14-11-1-3-13(4-2-11)16-8-12(15)7-10-5-6-17-9-10/h1-6,9,12,15H,7-8H2. The zero-order valence-corrected chi connectivity index (χ0v) is 10.7. The maximum Gasteiger partial charge on any atom is 0.119 e. The molecule has 0 bridgehead atoms. The maximum absolute atomic E-state index is 9.79. The van der Waals surface area contributed by atoms with Gasteiger partial charge in [0.25, 0.3) is 0 Å². The molecule has 0 aliphatic heterocycles. The minimum Gasteiger partial charge on any atom is -0.491 e. The summed E-state index contributed by atoms with van der Waals surface area (Å²) in [5, 5.41) is 14.5. The Labute approximate surface area is 109 Å². The Hall–Kier alpha value is -1.03. The Bertz CT molecular complexity index is 439. The molecule has 1 aromatic carbocycles. The van der Waals surface area contributed by atoms with E-state index in [-0.39, 0.29) is 6.61 Å². The van der Waals surface area contributed by atoms with Gasteiger partial charge in [-0.05, 0) is 46.7 Å². The summed E-state index contributed by atoms with van der Waals surface area (Å²) in [4.78, 5) is 0. The molecule has 2 rings (SSSR count). The molecule has 1 unspecified atom stereocenters. The molecule has 0 saturated heterocycles. The van der Waals surface area contributed by atoms with Crippen LogP contribution in [0.4, 0.5) is 0 Å². The molecular weight excluding hydrogens is 256 g/mol. The summed E-state index contributed by atoms with van der Waals surface area (Å²) in [6.07, 6.45) is 0.136. The van der Waals surface area contributed by atoms with Crippen LogP contribution in [-0.4, -0.2) is 17.8 Å². The molecule has 0 amide bonds. The van der Waals surface area contributed by atoms with Crippen LogP contribution in [0.2, 0.25) is 5.02 Å². The Kier molecular flexibility index (Phi) is 4.42. The van der Waals surface area contributed by atoms with Crippen LogP contribution in [0.3, 0.4) is 0 Å². The van der Waals surface area contributed by atoms with Crippen molar-refractivity contribution >= 4 is 22.9 Å². The quantitative estimate of drug-likeness (QED) is 0.901. The third-order valence-electron chi connectivity index (χ3n) is 2.31. The van der Waals surface area contributed by atoms with E-state index in [1.54, 1.807) is 35.6 Å². The van der Waals surface area contributed by atoms with Gasteiger partial charge in [-0.15, -0.1) is 0 Å². The molecular formula is C13H13ClO2S. The van der Waals surface area contributed by atoms with Gasteiger partial charge in [0.2, 0.25) is 0 Å². The van der Waals surface area contributed by atoms with Crippen molar-refractivity contribution < 1.29 is 9.84 Å². The molecule has 1 atom stereocenters. The van der Waals surface area contributed by atoms with E-state index < -0.39 is 6.10 Å². The van der Waals surface area contributed by atoms with Gasteiger partial charge >= 0.3 is 0 Å². The second-order valence-corrected chi connectivity index (χ2v) is 4.97. The lowest BCUT2D eigenvalue weighted by molar-refractivity contribution is 0.108. The monoisotopic (exact) mass is 268 g/mol. The molecule has 4 heteroatoms. The SMILES string of the molecule is OC(COc1ccc(Cl)cc1)Cc1ccsc1. The predicted octanol–water partition coefficient (Wildman–Crippen LogP) is 3.38. The summed E-state index contributed by atoms with van der Waals surface area (Å²) in [5.74, 6) is 0.721. The normalized spacial score (nSPS) is 12.4. The topological polar surface area (TPSA) is 29.5 Å². The van der Waals surface area contributed by atoms with Crippen LogP contribution < -0.4 is 4.74 Å². The third-order valence-corrected chi connectivity index (χ3v) is 3.29. The van der Waals surface area contributed by atoms with Gasteiger partial charge in [0, 0.05) is 11.4 Å². The second-order valence-electron chi connectivity index (χ2n) is 3.75. The zero-order chi connectivity index (χ0) is 12.1. The third kappa shape index (κ3) is 4.04. The molecule has 2 nitrogen and oxygen atoms in total. The van der Waals surface area contributed by atoms with Crippen molar-refractivity contribution in [2.75, 3.05) is 6.61 Å². The number of rotatable bonds is 5. The van der Waals surface area contributed by atoms with E-state index in [4.69, 9.17) is 16.3 Å². The highest BCUT2D eigenvalue weighted by atomic mass is 35.5. The molecule has 1 N–H and O–H groups in total. The molecule has 0 saturated carbocycles. The second kappa shape index (κ2) is 6.05. The summed E-state index contributed by atoms with van der Waals surface area (Å²) in [6.45, 7) is 0.289. The molecule has 0 fully saturated rings. The minimum absolute atomic E-state index is 0.289. The number of hydrogen-bond donors (Lipinski definition) is 1. The number of thiophene rings is 1. The Balaban J connectivity index is 1.79. The van der Waals surface area contributed by atoms with Crippen molar-refractivity contribution in [3.63, 3.8) is 0 Å². The van der Waals surface area contributed by atoms with Gasteiger partial charge in [-0.3, -0.25) is 0 Å². The molecule has 2 aromatic rings. The molecule has 17 heavy (non-hydrogen) atoms. The van der Waals surface area contributed by atoms with Crippen molar-refractivity contribution in [2.24, 2.45) is 0 Å². The number of halogens is 1. The fourth-order valence-corrected chi connectivity index (χ4v) is 2.27. The van der Waals surface area contributed by atoms with E-state index in [0.717, 1.165) is 11.3 Å². The zero-order valence-electron chi connectivity index (χ0n) is 9.17. The van der Waals surface area contributed by atoms with Gasteiger partial charge in [0.15, 0.2) is 0 Å². The van der Waals surface area contributed by atoms with E-state index >= 15 is 0 Å². The number of hydrogen-bond acceptors (Lipinski definition) is 3. The van der Waals surface area contributed by atoms with Crippen LogP contribution in [0.25, 0.3) is 0 Å². The Morgan fingerprint density at radius 3 is 2.65 bits per heavy atom. The first-order valence-corrected chi connectivity index (χ1v) is 6.63. The van der Waals surface area contributed by atoms with Gasteiger partial charge in [-0.1, -0.05) is 11.6 Å². The van der Waals surface area contributed by atoms with Crippen LogP contribution >= 0.6 is 22.9 Å². The fourth-order valence-electron chi connectivity index (χ4n) is 1.46. The van der Waals surface area contributed by atoms with E-state index in [1.807, 2.05) is 16.8 Å². The molecule has 0 aliphatic carbocycles. The van der Waals surface area contributed by atoms with Crippen molar-refractivity contribution in [1.29, 1.82) is 0 Å². The van der Waals surface area contributed by atoms with Crippen LogP contribution in [-0.2, 0) is 6.42 Å². The van der Waals surface area contributed by atoms with Crippen LogP contribution in [0, 0.1) is 0 Å². The lowest BCUT2D eigenvalue weighted by Gasteiger charge is -2.11. The van der Waals surface area contributed by atoms with Crippen molar-refractivity contribution in [3.8, 4) is 5.75 Å². The first-order chi connectivity index (χ1) is 8.24. The lowest BCUT2D eigenvalue weighted by atomic mass is 10.1. The smallest absolute Gasteiger partial charge is 0.119 e. The van der Waals surface area contributed by atoms with E-state index in [2.05, 4.69) is 0 Å². The van der Waals surface area contributed by atoms with Gasteiger partial charge in [0.1, 0.15) is 12.4 Å². The first-order valence-electron chi connectivity index (χ1n) is 5.31. The van der Waals surface area contributed by atoms with Crippen LogP contribution in [0.15, 0.2) is 41.1 Å². The summed E-state index contributed by atoms with van der Waals surface area (Å²) in [6, 6.07) is 9.12. The highest BCUT2D eigenvalue weighted by molar-refractivity contribution is 7.07. The Morgan fingerprint density at radius 2 is 2.00 bits per heavy atom. The van der Waals surface area contributed by atoms with E-state index in [9.17, 15) is 5.11 Å². The molecule has 1 heterocycles. The van der Waals surface area contributed by atoms with E-state index in [0.29, 0.717) is 11.4 Å². The van der Waals surface area contributed by atoms with Crippen molar-refractivity contribution in [2.45, 2.75) is 12.5 Å². The van der Waals surface area contributed by atoms with Crippen molar-refractivity contribution in [1.82, 2.24) is 0 Å². The lowest BCUT2D eigenvalue weighted by Crippen LogP contribution is -2.19. The summed E-state index contributed by atoms with van der Waals surface area (Å²) < 4.78 is 5.47. The van der Waals surface area contributed by atoms with Gasteiger partial charge < -0.3 is 9.84 Å². The summed E-state index contributed by atoms with van der Waals surface area (Å²) in [7, 11) is 0. The molecule has 1 aromatic heterocycles. The summed E-state index contributed by atoms with van der Waals surface area (Å²) in [5.41, 5.74) is 1.14. The Morgan fingerprint density at radius 1 is 1.24 bits per heavy atom. The van der Waals surface area contributed by atoms with Gasteiger partial charge in [-0.2, -0.15) is 11.3 Å². The minimum atomic E-state index is -0.486. The van der Waals surface area contributed by atoms with Crippen LogP contribution in [0.5, 0.6) is 5.75 Å². The largest absolute Gasteiger partial charge is 0.491 e.